The fraction of sp³-hybridized carbons (Fsp3) is 0.300. The number of hydrogen-bond acceptors (Lipinski definition) is 5. The standard InChI is InChI=1S/C10H11NO5/c1-7(13)8-2-3-10(16-5-4-12)9(6-8)11(14)15/h2-3,6,12H,4-5H2,1H3. The van der Waals surface area contributed by atoms with Crippen molar-refractivity contribution in [1.82, 2.24) is 0 Å². The third-order valence-corrected chi connectivity index (χ3v) is 1.91. The van der Waals surface area contributed by atoms with Gasteiger partial charge in [-0.05, 0) is 19.1 Å². The number of hydrogen-bond donors (Lipinski definition) is 1. The maximum Gasteiger partial charge on any atom is 0.311 e. The van der Waals surface area contributed by atoms with Crippen LogP contribution in [0.15, 0.2) is 18.2 Å². The molecule has 0 saturated heterocycles. The molecule has 0 aliphatic heterocycles. The summed E-state index contributed by atoms with van der Waals surface area (Å²) >= 11 is 0. The Kier molecular flexibility index (Phi) is 3.96. The van der Waals surface area contributed by atoms with Gasteiger partial charge in [0.1, 0.15) is 6.61 Å². The Balaban J connectivity index is 3.09. The maximum atomic E-state index is 11.0. The zero-order valence-electron chi connectivity index (χ0n) is 8.67. The summed E-state index contributed by atoms with van der Waals surface area (Å²) < 4.78 is 4.98. The van der Waals surface area contributed by atoms with Gasteiger partial charge in [-0.3, -0.25) is 14.9 Å². The number of Topliss-reactive ketones (excluding diaryl/α,β-unsaturated/α-hetero) is 1. The first kappa shape index (κ1) is 12.1. The first-order chi connectivity index (χ1) is 7.56. The minimum absolute atomic E-state index is 0.0275. The third kappa shape index (κ3) is 2.77. The summed E-state index contributed by atoms with van der Waals surface area (Å²) in [5.74, 6) is -0.208. The molecule has 0 fully saturated rings. The van der Waals surface area contributed by atoms with E-state index in [0.717, 1.165) is 6.07 Å². The summed E-state index contributed by atoms with van der Waals surface area (Å²) in [6, 6.07) is 3.96. The third-order valence-electron chi connectivity index (χ3n) is 1.91. The van der Waals surface area contributed by atoms with E-state index in [1.54, 1.807) is 0 Å². The molecule has 0 spiro atoms. The molecule has 0 radical (unpaired) electrons. The highest BCUT2D eigenvalue weighted by Crippen LogP contribution is 2.27. The van der Waals surface area contributed by atoms with Crippen LogP contribution in [0.4, 0.5) is 5.69 Å². The van der Waals surface area contributed by atoms with E-state index in [4.69, 9.17) is 9.84 Å². The number of nitrogens with zero attached hydrogens (tertiary/aromatic N) is 1. The minimum Gasteiger partial charge on any atom is -0.484 e. The molecular weight excluding hydrogens is 214 g/mol. The summed E-state index contributed by atoms with van der Waals surface area (Å²) in [4.78, 5) is 21.1. The molecule has 0 aliphatic rings. The number of aliphatic hydroxyl groups excluding tert-OH is 1. The molecule has 1 aromatic rings. The average Bonchev–Trinajstić information content (AvgIpc) is 2.25. The normalized spacial score (nSPS) is 9.88. The van der Waals surface area contributed by atoms with Gasteiger partial charge in [-0.25, -0.2) is 0 Å². The Labute approximate surface area is 91.6 Å². The lowest BCUT2D eigenvalue weighted by atomic mass is 10.1. The predicted molar refractivity (Wildman–Crippen MR) is 55.7 cm³/mol. The zero-order valence-corrected chi connectivity index (χ0v) is 8.67. The molecular formula is C10H11NO5. The van der Waals surface area contributed by atoms with Gasteiger partial charge in [0, 0.05) is 11.6 Å². The van der Waals surface area contributed by atoms with Crippen molar-refractivity contribution in [1.29, 1.82) is 0 Å². The number of benzene rings is 1. The van der Waals surface area contributed by atoms with Crippen molar-refractivity contribution in [3.05, 3.63) is 33.9 Å². The predicted octanol–water partition coefficient (Wildman–Crippen LogP) is 1.17. The number of aliphatic hydroxyl groups is 1. The molecule has 0 heterocycles. The Morgan fingerprint density at radius 2 is 2.25 bits per heavy atom. The Hall–Kier alpha value is -1.95. The van der Waals surface area contributed by atoms with Gasteiger partial charge in [0.25, 0.3) is 0 Å². The molecule has 6 heteroatoms. The van der Waals surface area contributed by atoms with Crippen molar-refractivity contribution in [2.75, 3.05) is 13.2 Å². The Bertz CT molecular complexity index is 416. The first-order valence-electron chi connectivity index (χ1n) is 4.59. The second kappa shape index (κ2) is 5.22. The van der Waals surface area contributed by atoms with Gasteiger partial charge in [-0.1, -0.05) is 0 Å². The quantitative estimate of drug-likeness (QED) is 0.461. The number of rotatable bonds is 5. The molecule has 16 heavy (non-hydrogen) atoms. The fourth-order valence-corrected chi connectivity index (χ4v) is 1.16. The van der Waals surface area contributed by atoms with Crippen LogP contribution in [0, 0.1) is 10.1 Å². The van der Waals surface area contributed by atoms with E-state index < -0.39 is 4.92 Å². The second-order valence-electron chi connectivity index (χ2n) is 3.07. The topological polar surface area (TPSA) is 89.7 Å². The smallest absolute Gasteiger partial charge is 0.311 e. The molecule has 0 amide bonds. The second-order valence-corrected chi connectivity index (χ2v) is 3.07. The van der Waals surface area contributed by atoms with Crippen LogP contribution in [0.1, 0.15) is 17.3 Å². The zero-order chi connectivity index (χ0) is 12.1. The Morgan fingerprint density at radius 3 is 2.75 bits per heavy atom. The van der Waals surface area contributed by atoms with Crippen LogP contribution in [0.2, 0.25) is 0 Å². The number of nitro groups is 1. The van der Waals surface area contributed by atoms with Crippen LogP contribution >= 0.6 is 0 Å². The number of carbonyl (C=O) groups excluding carboxylic acids is 1. The molecule has 1 rings (SSSR count). The van der Waals surface area contributed by atoms with Crippen molar-refractivity contribution < 1.29 is 19.6 Å². The minimum atomic E-state index is -0.626. The van der Waals surface area contributed by atoms with Crippen LogP contribution in [0.25, 0.3) is 0 Å². The van der Waals surface area contributed by atoms with E-state index in [0.29, 0.717) is 0 Å². The van der Waals surface area contributed by atoms with E-state index in [2.05, 4.69) is 0 Å². The van der Waals surface area contributed by atoms with Crippen LogP contribution in [-0.2, 0) is 0 Å². The Morgan fingerprint density at radius 1 is 1.56 bits per heavy atom. The van der Waals surface area contributed by atoms with Crippen molar-refractivity contribution in [3.63, 3.8) is 0 Å². The molecule has 1 N–H and O–H groups in total. The van der Waals surface area contributed by atoms with Gasteiger partial charge in [0.15, 0.2) is 11.5 Å². The number of ketones is 1. The van der Waals surface area contributed by atoms with Crippen molar-refractivity contribution in [2.45, 2.75) is 6.92 Å². The van der Waals surface area contributed by atoms with Gasteiger partial charge in [0.05, 0.1) is 11.5 Å². The lowest BCUT2D eigenvalue weighted by Crippen LogP contribution is -2.05. The molecule has 0 atom stereocenters. The average molecular weight is 225 g/mol. The highest BCUT2D eigenvalue weighted by atomic mass is 16.6. The van der Waals surface area contributed by atoms with Gasteiger partial charge < -0.3 is 9.84 Å². The number of nitro benzene ring substituents is 1. The first-order valence-corrected chi connectivity index (χ1v) is 4.59. The van der Waals surface area contributed by atoms with Gasteiger partial charge in [-0.15, -0.1) is 0 Å². The molecule has 0 aliphatic carbocycles. The summed E-state index contributed by atoms with van der Waals surface area (Å²) in [6.07, 6.45) is 0. The molecule has 1 aromatic carbocycles. The summed E-state index contributed by atoms with van der Waals surface area (Å²) in [7, 11) is 0. The van der Waals surface area contributed by atoms with Crippen LogP contribution < -0.4 is 4.74 Å². The maximum absolute atomic E-state index is 11.0. The van der Waals surface area contributed by atoms with E-state index in [9.17, 15) is 14.9 Å². The lowest BCUT2D eigenvalue weighted by molar-refractivity contribution is -0.385. The van der Waals surface area contributed by atoms with Crippen LogP contribution in [0.5, 0.6) is 5.75 Å². The van der Waals surface area contributed by atoms with E-state index >= 15 is 0 Å². The highest BCUT2D eigenvalue weighted by Gasteiger charge is 2.17. The molecule has 0 aromatic heterocycles. The molecule has 0 unspecified atom stereocenters. The van der Waals surface area contributed by atoms with Crippen molar-refractivity contribution in [2.24, 2.45) is 0 Å². The molecule has 6 nitrogen and oxygen atoms in total. The highest BCUT2D eigenvalue weighted by molar-refractivity contribution is 5.95. The fourth-order valence-electron chi connectivity index (χ4n) is 1.16. The van der Waals surface area contributed by atoms with E-state index in [1.165, 1.54) is 19.1 Å². The molecule has 0 saturated carbocycles. The monoisotopic (exact) mass is 225 g/mol. The summed E-state index contributed by atoms with van der Waals surface area (Å²) in [6.45, 7) is 1.07. The van der Waals surface area contributed by atoms with Crippen LogP contribution in [0.3, 0.4) is 0 Å². The molecule has 0 bridgehead atoms. The number of carbonyl (C=O) groups is 1. The van der Waals surface area contributed by atoms with Crippen LogP contribution in [-0.4, -0.2) is 29.0 Å². The summed E-state index contributed by atoms with van der Waals surface area (Å²) in [5, 5.41) is 19.3. The lowest BCUT2D eigenvalue weighted by Gasteiger charge is -2.05. The SMILES string of the molecule is CC(=O)c1ccc(OCCO)c([N+](=O)[O-])c1. The van der Waals surface area contributed by atoms with Gasteiger partial charge >= 0.3 is 5.69 Å². The largest absolute Gasteiger partial charge is 0.484 e. The van der Waals surface area contributed by atoms with E-state index in [1.807, 2.05) is 0 Å². The van der Waals surface area contributed by atoms with E-state index in [-0.39, 0.29) is 36.0 Å². The molecule has 86 valence electrons. The van der Waals surface area contributed by atoms with Crippen molar-refractivity contribution in [3.8, 4) is 5.75 Å². The van der Waals surface area contributed by atoms with Gasteiger partial charge in [0.2, 0.25) is 0 Å². The number of ether oxygens (including phenoxy) is 1. The van der Waals surface area contributed by atoms with Gasteiger partial charge in [-0.2, -0.15) is 0 Å². The summed E-state index contributed by atoms with van der Waals surface area (Å²) in [5.41, 5.74) is -0.0239. The van der Waals surface area contributed by atoms with Crippen molar-refractivity contribution >= 4 is 11.5 Å².